The summed E-state index contributed by atoms with van der Waals surface area (Å²) in [5, 5.41) is 11.0. The maximum Gasteiger partial charge on any atom is 1.00 e. The number of carbonyl (C=O) groups is 2. The Bertz CT molecular complexity index is 440. The number of hydrogen-bond acceptors (Lipinski definition) is 3. The summed E-state index contributed by atoms with van der Waals surface area (Å²) in [6, 6.07) is -0.694. The molecule has 1 fully saturated rings. The van der Waals surface area contributed by atoms with E-state index in [1.54, 1.807) is 0 Å². The molecule has 5 heteroatoms. The van der Waals surface area contributed by atoms with Gasteiger partial charge in [-0.2, -0.15) is 0 Å². The third kappa shape index (κ3) is 13.0. The van der Waals surface area contributed by atoms with Crippen molar-refractivity contribution in [1.29, 1.82) is 0 Å². The van der Waals surface area contributed by atoms with Crippen LogP contribution in [0.25, 0.3) is 0 Å². The van der Waals surface area contributed by atoms with E-state index in [2.05, 4.69) is 19.1 Å². The Labute approximate surface area is 194 Å². The van der Waals surface area contributed by atoms with Gasteiger partial charge in [0.25, 0.3) is 0 Å². The van der Waals surface area contributed by atoms with Crippen LogP contribution < -0.4 is 34.7 Å². The number of nitrogens with zero attached hydrogens (tertiary/aromatic N) is 1. The van der Waals surface area contributed by atoms with E-state index in [4.69, 9.17) is 0 Å². The van der Waals surface area contributed by atoms with Crippen LogP contribution in [0.5, 0.6) is 0 Å². The fourth-order valence-corrected chi connectivity index (χ4v) is 3.80. The number of likely N-dealkylation sites (tertiary alicyclic amines) is 1. The van der Waals surface area contributed by atoms with Crippen LogP contribution in [-0.4, -0.2) is 29.4 Å². The van der Waals surface area contributed by atoms with Crippen LogP contribution in [0, 0.1) is 0 Å². The first-order valence-electron chi connectivity index (χ1n) is 11.3. The number of carboxylic acid groups (broad SMARTS) is 1. The monoisotopic (exact) mass is 401 g/mol. The van der Waals surface area contributed by atoms with Crippen molar-refractivity contribution in [2.24, 2.45) is 0 Å². The second-order valence-electron chi connectivity index (χ2n) is 7.90. The third-order valence-electron chi connectivity index (χ3n) is 5.50. The van der Waals surface area contributed by atoms with Gasteiger partial charge in [0.1, 0.15) is 0 Å². The first kappa shape index (κ1) is 27.7. The van der Waals surface area contributed by atoms with E-state index in [1.165, 1.54) is 62.7 Å². The molecule has 0 N–H and O–H groups in total. The molecule has 0 radical (unpaired) electrons. The van der Waals surface area contributed by atoms with Gasteiger partial charge in [-0.25, -0.2) is 0 Å². The minimum atomic E-state index is -1.11. The fraction of sp³-hybridized carbons (Fsp3) is 0.826. The molecular weight excluding hydrogens is 361 g/mol. The van der Waals surface area contributed by atoms with E-state index in [1.807, 2.05) is 0 Å². The van der Waals surface area contributed by atoms with Crippen molar-refractivity contribution < 1.29 is 44.3 Å². The van der Waals surface area contributed by atoms with Crippen LogP contribution in [0.15, 0.2) is 12.2 Å². The normalized spacial score (nSPS) is 16.5. The van der Waals surface area contributed by atoms with Crippen molar-refractivity contribution in [3.05, 3.63) is 12.2 Å². The Kier molecular flexibility index (Phi) is 18.5. The molecule has 156 valence electrons. The summed E-state index contributed by atoms with van der Waals surface area (Å²) in [6.07, 6.45) is 22.5. The molecule has 0 aromatic carbocycles. The fourth-order valence-electron chi connectivity index (χ4n) is 3.80. The summed E-state index contributed by atoms with van der Waals surface area (Å²) < 4.78 is 0. The molecule has 0 spiro atoms. The third-order valence-corrected chi connectivity index (χ3v) is 5.50. The average Bonchev–Trinajstić information content (AvgIpc) is 3.15. The number of allylic oxidation sites excluding steroid dienone is 2. The topological polar surface area (TPSA) is 60.4 Å². The van der Waals surface area contributed by atoms with E-state index in [0.29, 0.717) is 19.4 Å². The molecule has 4 nitrogen and oxygen atoms in total. The second-order valence-corrected chi connectivity index (χ2v) is 7.90. The van der Waals surface area contributed by atoms with Gasteiger partial charge in [0.05, 0.1) is 12.0 Å². The van der Waals surface area contributed by atoms with Crippen molar-refractivity contribution >= 4 is 11.9 Å². The molecule has 0 bridgehead atoms. The summed E-state index contributed by atoms with van der Waals surface area (Å²) in [5.74, 6) is -1.12. The summed E-state index contributed by atoms with van der Waals surface area (Å²) in [7, 11) is 0. The van der Waals surface area contributed by atoms with Crippen molar-refractivity contribution in [3.63, 3.8) is 0 Å². The standard InChI is InChI=1S/C23H41NO3.Na/c1-2-3-4-5-6-7-8-9-10-11-12-13-14-15-16-19-22(25)24-20-17-18-21(24)23(26)27;/h9-10,21H,2-8,11-20H2,1H3,(H,26,27);/q;+1/p-1/b10-9-;/t21-;/m0./s1. The van der Waals surface area contributed by atoms with Gasteiger partial charge in [-0.05, 0) is 44.9 Å². The number of unbranched alkanes of at least 4 members (excludes halogenated alkanes) is 11. The van der Waals surface area contributed by atoms with E-state index in [-0.39, 0.29) is 35.5 Å². The smallest absolute Gasteiger partial charge is 0.548 e. The number of carboxylic acids is 1. The van der Waals surface area contributed by atoms with Crippen LogP contribution in [0.1, 0.15) is 110 Å². The SMILES string of the molecule is CCCCCCCC/C=C\CCCCCCCC(=O)N1CCC[C@H]1C(=O)[O-].[Na+]. The molecule has 0 aromatic rings. The number of hydrogen-bond donors (Lipinski definition) is 0. The molecule has 0 saturated carbocycles. The Hall–Kier alpha value is -0.320. The molecule has 0 aromatic heterocycles. The van der Waals surface area contributed by atoms with E-state index in [9.17, 15) is 14.7 Å². The first-order chi connectivity index (χ1) is 13.2. The van der Waals surface area contributed by atoms with Crippen molar-refractivity contribution in [2.75, 3.05) is 6.54 Å². The largest absolute Gasteiger partial charge is 1.00 e. The van der Waals surface area contributed by atoms with Gasteiger partial charge in [0.15, 0.2) is 0 Å². The van der Waals surface area contributed by atoms with Crippen LogP contribution in [0.4, 0.5) is 0 Å². The Morgan fingerprint density at radius 1 is 0.893 bits per heavy atom. The van der Waals surface area contributed by atoms with Crippen LogP contribution in [-0.2, 0) is 9.59 Å². The molecule has 1 aliphatic rings. The summed E-state index contributed by atoms with van der Waals surface area (Å²) in [5.41, 5.74) is 0. The Morgan fingerprint density at radius 2 is 1.43 bits per heavy atom. The van der Waals surface area contributed by atoms with Gasteiger partial charge in [-0.15, -0.1) is 0 Å². The summed E-state index contributed by atoms with van der Waals surface area (Å²) in [4.78, 5) is 24.6. The van der Waals surface area contributed by atoms with E-state index < -0.39 is 12.0 Å². The zero-order valence-electron chi connectivity index (χ0n) is 18.4. The zero-order valence-corrected chi connectivity index (χ0v) is 20.4. The van der Waals surface area contributed by atoms with E-state index >= 15 is 0 Å². The molecule has 0 aliphatic carbocycles. The molecular formula is C23H40NNaO3. The average molecular weight is 402 g/mol. The number of aliphatic carboxylic acids is 1. The van der Waals surface area contributed by atoms with Gasteiger partial charge >= 0.3 is 29.6 Å². The molecule has 1 saturated heterocycles. The van der Waals surface area contributed by atoms with Gasteiger partial charge in [-0.1, -0.05) is 70.4 Å². The number of rotatable bonds is 16. The first-order valence-corrected chi connectivity index (χ1v) is 11.3. The van der Waals surface area contributed by atoms with Crippen molar-refractivity contribution in [1.82, 2.24) is 4.90 Å². The number of amides is 1. The van der Waals surface area contributed by atoms with Gasteiger partial charge in [-0.3, -0.25) is 4.79 Å². The molecule has 1 aliphatic heterocycles. The maximum absolute atomic E-state index is 12.1. The predicted molar refractivity (Wildman–Crippen MR) is 109 cm³/mol. The summed E-state index contributed by atoms with van der Waals surface area (Å²) >= 11 is 0. The Morgan fingerprint density at radius 3 is 2.00 bits per heavy atom. The zero-order chi connectivity index (χ0) is 19.7. The van der Waals surface area contributed by atoms with E-state index in [0.717, 1.165) is 32.1 Å². The maximum atomic E-state index is 12.1. The van der Waals surface area contributed by atoms with Gasteiger partial charge in [0.2, 0.25) is 5.91 Å². The molecule has 28 heavy (non-hydrogen) atoms. The van der Waals surface area contributed by atoms with Crippen LogP contribution >= 0.6 is 0 Å². The second kappa shape index (κ2) is 18.7. The molecule has 1 amide bonds. The molecule has 1 rings (SSSR count). The predicted octanol–water partition coefficient (Wildman–Crippen LogP) is 1.77. The van der Waals surface area contributed by atoms with Crippen molar-refractivity contribution in [3.8, 4) is 0 Å². The quantitative estimate of drug-likeness (QED) is 0.225. The molecule has 1 heterocycles. The summed E-state index contributed by atoms with van der Waals surface area (Å²) in [6.45, 7) is 2.83. The molecule has 1 atom stereocenters. The van der Waals surface area contributed by atoms with Crippen molar-refractivity contribution in [2.45, 2.75) is 116 Å². The van der Waals surface area contributed by atoms with Crippen LogP contribution in [0.3, 0.4) is 0 Å². The van der Waals surface area contributed by atoms with Gasteiger partial charge in [0, 0.05) is 13.0 Å². The number of carbonyl (C=O) groups excluding carboxylic acids is 2. The minimum Gasteiger partial charge on any atom is -0.548 e. The minimum absolute atomic E-state index is 0. The Balaban J connectivity index is 0.00000729. The molecule has 0 unspecified atom stereocenters. The van der Waals surface area contributed by atoms with Crippen LogP contribution in [0.2, 0.25) is 0 Å². The van der Waals surface area contributed by atoms with Gasteiger partial charge < -0.3 is 14.8 Å².